The van der Waals surface area contributed by atoms with Crippen LogP contribution in [0.4, 0.5) is 5.69 Å². The molecule has 0 saturated heterocycles. The number of hydrogen-bond acceptors (Lipinski definition) is 6. The molecule has 1 amide bonds. The number of sulfonamides is 1. The van der Waals surface area contributed by atoms with Crippen LogP contribution in [0.25, 0.3) is 10.8 Å². The minimum absolute atomic E-state index is 0.00468. The number of phenolic OH excluding ortho intramolecular Hbond substituents is 1. The number of carbonyl (C=O) groups is 1. The van der Waals surface area contributed by atoms with Gasteiger partial charge >= 0.3 is 0 Å². The maximum atomic E-state index is 13.1. The summed E-state index contributed by atoms with van der Waals surface area (Å²) in [7, 11) is -3.79. The van der Waals surface area contributed by atoms with Crippen LogP contribution in [-0.4, -0.2) is 46.6 Å². The molecular formula is C22H26N4O5S. The van der Waals surface area contributed by atoms with Crippen molar-refractivity contribution in [2.24, 2.45) is 0 Å². The Kier molecular flexibility index (Phi) is 6.95. The molecule has 9 nitrogen and oxygen atoms in total. The minimum atomic E-state index is -3.79. The van der Waals surface area contributed by atoms with Gasteiger partial charge in [0.15, 0.2) is 5.69 Å². The summed E-state index contributed by atoms with van der Waals surface area (Å²) in [5, 5.41) is 17.7. The number of hydrogen-bond donors (Lipinski definition) is 2. The van der Waals surface area contributed by atoms with Gasteiger partial charge in [0.05, 0.1) is 16.0 Å². The monoisotopic (exact) mass is 458 g/mol. The first kappa shape index (κ1) is 23.4. The molecule has 0 bridgehead atoms. The van der Waals surface area contributed by atoms with Gasteiger partial charge in [0.1, 0.15) is 5.75 Å². The lowest BCUT2D eigenvalue weighted by Gasteiger charge is -2.19. The van der Waals surface area contributed by atoms with Crippen molar-refractivity contribution in [3.05, 3.63) is 58.5 Å². The Hall–Kier alpha value is -3.24. The third kappa shape index (κ3) is 4.37. The molecule has 0 aliphatic carbocycles. The maximum absolute atomic E-state index is 13.1. The number of nitrogens with one attached hydrogen (secondary N) is 1. The predicted molar refractivity (Wildman–Crippen MR) is 122 cm³/mol. The molecule has 2 aromatic carbocycles. The molecule has 170 valence electrons. The van der Waals surface area contributed by atoms with Crippen LogP contribution in [0.2, 0.25) is 0 Å². The first-order valence-corrected chi connectivity index (χ1v) is 11.8. The number of amides is 1. The molecule has 0 fully saturated rings. The zero-order chi connectivity index (χ0) is 23.5. The molecule has 2 N–H and O–H groups in total. The summed E-state index contributed by atoms with van der Waals surface area (Å²) in [4.78, 5) is 25.7. The smallest absolute Gasteiger partial charge is 0.276 e. The maximum Gasteiger partial charge on any atom is 0.276 e. The lowest BCUT2D eigenvalue weighted by Crippen LogP contribution is -2.30. The Morgan fingerprint density at radius 1 is 1.09 bits per heavy atom. The first-order valence-electron chi connectivity index (χ1n) is 10.4. The molecule has 0 aliphatic rings. The van der Waals surface area contributed by atoms with Crippen molar-refractivity contribution in [3.63, 3.8) is 0 Å². The van der Waals surface area contributed by atoms with Crippen molar-refractivity contribution in [1.29, 1.82) is 0 Å². The van der Waals surface area contributed by atoms with Crippen molar-refractivity contribution in [1.82, 2.24) is 14.1 Å². The zero-order valence-corrected chi connectivity index (χ0v) is 19.0. The molecule has 0 atom stereocenters. The molecule has 0 unspecified atom stereocenters. The van der Waals surface area contributed by atoms with E-state index in [1.165, 1.54) is 27.2 Å². The highest BCUT2D eigenvalue weighted by molar-refractivity contribution is 7.89. The van der Waals surface area contributed by atoms with Crippen molar-refractivity contribution >= 4 is 32.4 Å². The number of anilines is 1. The topological polar surface area (TPSA) is 122 Å². The number of carbonyl (C=O) groups excluding carboxylic acids is 1. The van der Waals surface area contributed by atoms with E-state index >= 15 is 0 Å². The second kappa shape index (κ2) is 9.49. The van der Waals surface area contributed by atoms with Crippen LogP contribution in [0.15, 0.2) is 52.2 Å². The van der Waals surface area contributed by atoms with Gasteiger partial charge in [-0.3, -0.25) is 9.59 Å². The summed E-state index contributed by atoms with van der Waals surface area (Å²) < 4.78 is 28.2. The number of fused-ring (bicyclic) bond motifs is 1. The summed E-state index contributed by atoms with van der Waals surface area (Å²) in [6, 6.07) is 10.4. The van der Waals surface area contributed by atoms with Crippen LogP contribution in [0, 0.1) is 0 Å². The van der Waals surface area contributed by atoms with Gasteiger partial charge in [-0.25, -0.2) is 13.1 Å². The predicted octanol–water partition coefficient (Wildman–Crippen LogP) is 2.79. The van der Waals surface area contributed by atoms with E-state index in [-0.39, 0.29) is 40.7 Å². The summed E-state index contributed by atoms with van der Waals surface area (Å²) in [5.41, 5.74) is -0.360. The SMILES string of the molecule is CCCn1nc(C(=O)Nc2cc(S(=O)(=O)N(CC)CC)ccc2O)c2ccccc2c1=O. The van der Waals surface area contributed by atoms with E-state index in [4.69, 9.17) is 0 Å². The zero-order valence-electron chi connectivity index (χ0n) is 18.2. The number of nitrogens with zero attached hydrogens (tertiary/aromatic N) is 3. The Bertz CT molecular complexity index is 1310. The second-order valence-electron chi connectivity index (χ2n) is 7.14. The molecule has 0 saturated carbocycles. The van der Waals surface area contributed by atoms with Gasteiger partial charge in [0, 0.05) is 25.0 Å². The van der Waals surface area contributed by atoms with E-state index in [1.54, 1.807) is 38.1 Å². The van der Waals surface area contributed by atoms with Crippen LogP contribution >= 0.6 is 0 Å². The molecule has 10 heteroatoms. The van der Waals surface area contributed by atoms with Crippen molar-refractivity contribution in [3.8, 4) is 5.75 Å². The molecule has 32 heavy (non-hydrogen) atoms. The summed E-state index contributed by atoms with van der Waals surface area (Å²) in [6.45, 7) is 6.26. The van der Waals surface area contributed by atoms with Gasteiger partial charge in [-0.15, -0.1) is 0 Å². The minimum Gasteiger partial charge on any atom is -0.506 e. The number of phenols is 1. The van der Waals surface area contributed by atoms with Gasteiger partial charge in [-0.2, -0.15) is 9.40 Å². The molecule has 1 aromatic heterocycles. The third-order valence-electron chi connectivity index (χ3n) is 5.08. The molecule has 1 heterocycles. The first-order chi connectivity index (χ1) is 15.2. The van der Waals surface area contributed by atoms with E-state index in [2.05, 4.69) is 10.4 Å². The lowest BCUT2D eigenvalue weighted by molar-refractivity contribution is 0.102. The largest absolute Gasteiger partial charge is 0.506 e. The van der Waals surface area contributed by atoms with E-state index in [1.807, 2.05) is 6.92 Å². The quantitative estimate of drug-likeness (QED) is 0.501. The molecular weight excluding hydrogens is 432 g/mol. The van der Waals surface area contributed by atoms with Crippen LogP contribution in [0.3, 0.4) is 0 Å². The molecule has 0 radical (unpaired) electrons. The molecule has 3 rings (SSSR count). The van der Waals surface area contributed by atoms with Crippen molar-refractivity contribution in [2.45, 2.75) is 38.6 Å². The Balaban J connectivity index is 2.06. The van der Waals surface area contributed by atoms with E-state index in [0.29, 0.717) is 23.7 Å². The number of aryl methyl sites for hydroxylation is 1. The van der Waals surface area contributed by atoms with E-state index in [0.717, 1.165) is 0 Å². The fourth-order valence-corrected chi connectivity index (χ4v) is 4.92. The van der Waals surface area contributed by atoms with Gasteiger partial charge in [0.25, 0.3) is 11.5 Å². The van der Waals surface area contributed by atoms with Gasteiger partial charge in [0.2, 0.25) is 10.0 Å². The van der Waals surface area contributed by atoms with Gasteiger partial charge in [-0.05, 0) is 30.7 Å². The van der Waals surface area contributed by atoms with Crippen LogP contribution in [0.1, 0.15) is 37.7 Å². The number of aromatic nitrogens is 2. The Labute approximate surface area is 186 Å². The van der Waals surface area contributed by atoms with Gasteiger partial charge in [-0.1, -0.05) is 39.0 Å². The molecule has 3 aromatic rings. The highest BCUT2D eigenvalue weighted by atomic mass is 32.2. The second-order valence-corrected chi connectivity index (χ2v) is 9.08. The van der Waals surface area contributed by atoms with Crippen LogP contribution in [0.5, 0.6) is 5.75 Å². The highest BCUT2D eigenvalue weighted by Crippen LogP contribution is 2.28. The Morgan fingerprint density at radius 2 is 1.75 bits per heavy atom. The molecule has 0 aliphatic heterocycles. The third-order valence-corrected chi connectivity index (χ3v) is 7.12. The van der Waals surface area contributed by atoms with E-state index < -0.39 is 15.9 Å². The number of rotatable bonds is 8. The number of benzene rings is 2. The molecule has 0 spiro atoms. The summed E-state index contributed by atoms with van der Waals surface area (Å²) in [5.74, 6) is -0.957. The van der Waals surface area contributed by atoms with E-state index in [9.17, 15) is 23.1 Å². The number of aromatic hydroxyl groups is 1. The lowest BCUT2D eigenvalue weighted by atomic mass is 10.1. The van der Waals surface area contributed by atoms with Crippen molar-refractivity contribution < 1.29 is 18.3 Å². The normalized spacial score (nSPS) is 11.8. The van der Waals surface area contributed by atoms with Crippen LogP contribution in [-0.2, 0) is 16.6 Å². The average Bonchev–Trinajstić information content (AvgIpc) is 2.77. The Morgan fingerprint density at radius 3 is 2.38 bits per heavy atom. The highest BCUT2D eigenvalue weighted by Gasteiger charge is 2.24. The summed E-state index contributed by atoms with van der Waals surface area (Å²) >= 11 is 0. The van der Waals surface area contributed by atoms with Crippen molar-refractivity contribution in [2.75, 3.05) is 18.4 Å². The standard InChI is InChI=1S/C22H26N4O5S/c1-4-13-26-22(29)17-10-8-7-9-16(17)20(24-26)21(28)23-18-14-15(11-12-19(18)27)32(30,31)25(5-2)6-3/h7-12,14,27H,4-6,13H2,1-3H3,(H,23,28). The fourth-order valence-electron chi connectivity index (χ4n) is 3.44. The summed E-state index contributed by atoms with van der Waals surface area (Å²) in [6.07, 6.45) is 0.651. The van der Waals surface area contributed by atoms with Gasteiger partial charge < -0.3 is 10.4 Å². The fraction of sp³-hybridized carbons (Fsp3) is 0.318. The van der Waals surface area contributed by atoms with Crippen LogP contribution < -0.4 is 10.9 Å². The average molecular weight is 459 g/mol.